The molecular weight excluding hydrogens is 226 g/mol. The summed E-state index contributed by atoms with van der Waals surface area (Å²) in [7, 11) is 0. The van der Waals surface area contributed by atoms with E-state index in [1.165, 1.54) is 32.4 Å². The highest BCUT2D eigenvalue weighted by Gasteiger charge is 2.52. The van der Waals surface area contributed by atoms with Gasteiger partial charge in [-0.15, -0.1) is 0 Å². The van der Waals surface area contributed by atoms with Crippen LogP contribution in [0.15, 0.2) is 0 Å². The van der Waals surface area contributed by atoms with Crippen LogP contribution in [0.5, 0.6) is 0 Å². The van der Waals surface area contributed by atoms with Crippen LogP contribution in [0.4, 0.5) is 0 Å². The van der Waals surface area contributed by atoms with Crippen molar-refractivity contribution in [1.82, 2.24) is 9.80 Å². The van der Waals surface area contributed by atoms with Gasteiger partial charge in [-0.25, -0.2) is 0 Å². The van der Waals surface area contributed by atoms with E-state index in [1.807, 2.05) is 0 Å². The Morgan fingerprint density at radius 3 is 2.61 bits per heavy atom. The quantitative estimate of drug-likeness (QED) is 0.785. The summed E-state index contributed by atoms with van der Waals surface area (Å²) in [6, 6.07) is 0.694. The van der Waals surface area contributed by atoms with Crippen LogP contribution in [0.1, 0.15) is 33.1 Å². The Kier molecular flexibility index (Phi) is 3.39. The lowest BCUT2D eigenvalue weighted by atomic mass is 9.85. The average Bonchev–Trinajstić information content (AvgIpc) is 2.88. The molecule has 2 N–H and O–H groups in total. The number of hydrogen-bond acceptors (Lipinski definition) is 4. The van der Waals surface area contributed by atoms with Gasteiger partial charge in [-0.3, -0.25) is 9.80 Å². The summed E-state index contributed by atoms with van der Waals surface area (Å²) < 4.78 is 5.88. The molecule has 0 aromatic rings. The van der Waals surface area contributed by atoms with Crippen LogP contribution in [0, 0.1) is 0 Å². The van der Waals surface area contributed by atoms with Gasteiger partial charge >= 0.3 is 0 Å². The third-order valence-electron chi connectivity index (χ3n) is 5.22. The topological polar surface area (TPSA) is 41.7 Å². The molecule has 3 heterocycles. The highest BCUT2D eigenvalue weighted by Crippen LogP contribution is 2.40. The van der Waals surface area contributed by atoms with E-state index in [0.717, 1.165) is 19.6 Å². The van der Waals surface area contributed by atoms with Gasteiger partial charge in [0.15, 0.2) is 0 Å². The first-order valence-electron chi connectivity index (χ1n) is 7.50. The largest absolute Gasteiger partial charge is 0.373 e. The smallest absolute Gasteiger partial charge is 0.0678 e. The molecule has 0 aliphatic carbocycles. The molecule has 3 rings (SSSR count). The van der Waals surface area contributed by atoms with Crippen LogP contribution >= 0.6 is 0 Å². The van der Waals surface area contributed by atoms with E-state index < -0.39 is 0 Å². The van der Waals surface area contributed by atoms with Crippen molar-refractivity contribution in [2.75, 3.05) is 32.7 Å². The SMILES string of the molecule is CC1CN(C2(CN)CCN3CCCC32)CC(C)O1. The first-order chi connectivity index (χ1) is 8.65. The van der Waals surface area contributed by atoms with Crippen molar-refractivity contribution in [1.29, 1.82) is 0 Å². The van der Waals surface area contributed by atoms with Gasteiger partial charge in [-0.1, -0.05) is 0 Å². The molecule has 0 saturated carbocycles. The predicted molar refractivity (Wildman–Crippen MR) is 72.6 cm³/mol. The van der Waals surface area contributed by atoms with Gasteiger partial charge in [0.2, 0.25) is 0 Å². The molecule has 4 heteroatoms. The maximum Gasteiger partial charge on any atom is 0.0678 e. The lowest BCUT2D eigenvalue weighted by molar-refractivity contribution is -0.105. The molecule has 0 aromatic carbocycles. The zero-order chi connectivity index (χ0) is 12.8. The first-order valence-corrected chi connectivity index (χ1v) is 7.50. The Labute approximate surface area is 110 Å². The van der Waals surface area contributed by atoms with Gasteiger partial charge in [0, 0.05) is 32.2 Å². The summed E-state index contributed by atoms with van der Waals surface area (Å²) in [4.78, 5) is 5.32. The third kappa shape index (κ3) is 1.90. The van der Waals surface area contributed by atoms with E-state index in [1.54, 1.807) is 0 Å². The first kappa shape index (κ1) is 12.9. The Bertz CT molecular complexity index is 301. The van der Waals surface area contributed by atoms with Crippen molar-refractivity contribution >= 4 is 0 Å². The van der Waals surface area contributed by atoms with Gasteiger partial charge in [-0.05, 0) is 39.7 Å². The molecule has 3 fully saturated rings. The van der Waals surface area contributed by atoms with Gasteiger partial charge in [0.1, 0.15) is 0 Å². The zero-order valence-electron chi connectivity index (χ0n) is 11.8. The molecule has 0 spiro atoms. The number of nitrogens with zero attached hydrogens (tertiary/aromatic N) is 2. The molecule has 3 saturated heterocycles. The molecule has 4 nitrogen and oxygen atoms in total. The van der Waals surface area contributed by atoms with E-state index in [2.05, 4.69) is 23.6 Å². The number of nitrogens with two attached hydrogens (primary N) is 1. The number of hydrogen-bond donors (Lipinski definition) is 1. The van der Waals surface area contributed by atoms with E-state index >= 15 is 0 Å². The van der Waals surface area contributed by atoms with E-state index in [0.29, 0.717) is 18.2 Å². The van der Waals surface area contributed by atoms with Gasteiger partial charge in [-0.2, -0.15) is 0 Å². The second-order valence-corrected chi connectivity index (χ2v) is 6.41. The fourth-order valence-corrected chi connectivity index (χ4v) is 4.48. The van der Waals surface area contributed by atoms with Crippen LogP contribution in [0.25, 0.3) is 0 Å². The zero-order valence-corrected chi connectivity index (χ0v) is 11.8. The van der Waals surface area contributed by atoms with Crippen LogP contribution in [-0.2, 0) is 4.74 Å². The molecule has 104 valence electrons. The monoisotopic (exact) mass is 253 g/mol. The van der Waals surface area contributed by atoms with Crippen molar-refractivity contribution in [2.45, 2.75) is 56.9 Å². The summed E-state index contributed by atoms with van der Waals surface area (Å²) in [6.45, 7) is 9.79. The fraction of sp³-hybridized carbons (Fsp3) is 1.00. The number of fused-ring (bicyclic) bond motifs is 1. The Morgan fingerprint density at radius 2 is 1.94 bits per heavy atom. The minimum Gasteiger partial charge on any atom is -0.373 e. The summed E-state index contributed by atoms with van der Waals surface area (Å²) in [5.74, 6) is 0. The Hall–Kier alpha value is -0.160. The van der Waals surface area contributed by atoms with Crippen LogP contribution in [0.2, 0.25) is 0 Å². The number of ether oxygens (including phenoxy) is 1. The molecule has 18 heavy (non-hydrogen) atoms. The summed E-state index contributed by atoms with van der Waals surface area (Å²) in [5, 5.41) is 0. The molecular formula is C14H27N3O. The number of rotatable bonds is 2. The molecule has 0 radical (unpaired) electrons. The minimum absolute atomic E-state index is 0.225. The summed E-state index contributed by atoms with van der Waals surface area (Å²) in [6.07, 6.45) is 4.60. The normalized spacial score (nSPS) is 46.5. The van der Waals surface area contributed by atoms with Crippen molar-refractivity contribution in [3.63, 3.8) is 0 Å². The second-order valence-electron chi connectivity index (χ2n) is 6.41. The van der Waals surface area contributed by atoms with Crippen molar-refractivity contribution < 1.29 is 4.74 Å². The van der Waals surface area contributed by atoms with E-state index in [-0.39, 0.29) is 5.54 Å². The molecule has 0 bridgehead atoms. The third-order valence-corrected chi connectivity index (χ3v) is 5.22. The van der Waals surface area contributed by atoms with Crippen LogP contribution < -0.4 is 5.73 Å². The predicted octanol–water partition coefficient (Wildman–Crippen LogP) is 0.661. The van der Waals surface area contributed by atoms with Crippen LogP contribution in [-0.4, -0.2) is 66.3 Å². The fourth-order valence-electron chi connectivity index (χ4n) is 4.48. The van der Waals surface area contributed by atoms with E-state index in [9.17, 15) is 0 Å². The summed E-state index contributed by atoms with van der Waals surface area (Å²) in [5.41, 5.74) is 6.46. The highest BCUT2D eigenvalue weighted by atomic mass is 16.5. The van der Waals surface area contributed by atoms with Crippen LogP contribution in [0.3, 0.4) is 0 Å². The molecule has 3 aliphatic heterocycles. The maximum absolute atomic E-state index is 6.24. The Morgan fingerprint density at radius 1 is 1.22 bits per heavy atom. The summed E-state index contributed by atoms with van der Waals surface area (Å²) >= 11 is 0. The minimum atomic E-state index is 0.225. The van der Waals surface area contributed by atoms with Gasteiger partial charge < -0.3 is 10.5 Å². The number of morpholine rings is 1. The van der Waals surface area contributed by atoms with Crippen molar-refractivity contribution in [3.05, 3.63) is 0 Å². The standard InChI is InChI=1S/C14H27N3O/c1-11-8-17(9-12(2)18-11)14(10-15)5-7-16-6-3-4-13(14)16/h11-13H,3-10,15H2,1-2H3. The van der Waals surface area contributed by atoms with Gasteiger partial charge in [0.05, 0.1) is 17.7 Å². The van der Waals surface area contributed by atoms with Gasteiger partial charge in [0.25, 0.3) is 0 Å². The molecule has 0 amide bonds. The van der Waals surface area contributed by atoms with Crippen molar-refractivity contribution in [2.24, 2.45) is 5.73 Å². The maximum atomic E-state index is 6.24. The molecule has 4 unspecified atom stereocenters. The van der Waals surface area contributed by atoms with Crippen molar-refractivity contribution in [3.8, 4) is 0 Å². The Balaban J connectivity index is 1.82. The molecule has 4 atom stereocenters. The lowest BCUT2D eigenvalue weighted by Gasteiger charge is -2.49. The highest BCUT2D eigenvalue weighted by molar-refractivity contribution is 5.10. The molecule has 3 aliphatic rings. The lowest BCUT2D eigenvalue weighted by Crippen LogP contribution is -2.64. The second kappa shape index (κ2) is 4.75. The van der Waals surface area contributed by atoms with E-state index in [4.69, 9.17) is 10.5 Å². The average molecular weight is 253 g/mol. The molecule has 0 aromatic heterocycles.